The molecule has 2 heterocycles. The van der Waals surface area contributed by atoms with E-state index in [9.17, 15) is 4.79 Å². The molecule has 0 aliphatic heterocycles. The zero-order valence-corrected chi connectivity index (χ0v) is 14.7. The first-order valence-corrected chi connectivity index (χ1v) is 8.55. The molecule has 0 saturated carbocycles. The lowest BCUT2D eigenvalue weighted by atomic mass is 10.1. The lowest BCUT2D eigenvalue weighted by molar-refractivity contribution is 0.270. The first-order chi connectivity index (χ1) is 11.7. The predicted molar refractivity (Wildman–Crippen MR) is 101 cm³/mol. The third kappa shape index (κ3) is 2.42. The maximum Gasteiger partial charge on any atom is 0.206 e. The van der Waals surface area contributed by atoms with Gasteiger partial charge in [0.05, 0.1) is 18.5 Å². The van der Waals surface area contributed by atoms with E-state index in [4.69, 9.17) is 9.52 Å². The Hall–Kier alpha value is -2.19. The van der Waals surface area contributed by atoms with Crippen LogP contribution in [-0.4, -0.2) is 21.5 Å². The Labute approximate surface area is 150 Å². The van der Waals surface area contributed by atoms with E-state index in [1.807, 2.05) is 65.2 Å². The minimum Gasteiger partial charge on any atom is -0.452 e. The lowest BCUT2D eigenvalue weighted by Gasteiger charge is -2.06. The summed E-state index contributed by atoms with van der Waals surface area (Å²) in [5, 5.41) is 14.9. The zero-order chi connectivity index (χ0) is 16.7. The predicted octanol–water partition coefficient (Wildman–Crippen LogP) is 3.41. The van der Waals surface area contributed by atoms with Gasteiger partial charge in [-0.25, -0.2) is 0 Å². The second kappa shape index (κ2) is 6.03. The topological polar surface area (TPSA) is 68.3 Å². The van der Waals surface area contributed by atoms with Crippen molar-refractivity contribution >= 4 is 44.5 Å². The molecule has 120 valence electrons. The third-order valence-corrected chi connectivity index (χ3v) is 4.87. The molecule has 0 aliphatic rings. The number of nitrogens with zero attached hydrogens (tertiary/aromatic N) is 2. The molecular weight excluding hydrogens is 419 g/mol. The van der Waals surface area contributed by atoms with Gasteiger partial charge in [0.25, 0.3) is 0 Å². The molecule has 0 fully saturated rings. The summed E-state index contributed by atoms with van der Waals surface area (Å²) in [4.78, 5) is 12.8. The number of benzene rings is 2. The Kier molecular flexibility index (Phi) is 3.85. The van der Waals surface area contributed by atoms with E-state index in [2.05, 4.69) is 5.10 Å². The molecular formula is C18H13IN2O3. The van der Waals surface area contributed by atoms with E-state index in [1.165, 1.54) is 0 Å². The molecule has 0 unspecified atom stereocenters. The third-order valence-electron chi connectivity index (χ3n) is 3.89. The van der Waals surface area contributed by atoms with Gasteiger partial charge in [-0.3, -0.25) is 9.48 Å². The Bertz CT molecular complexity index is 1100. The summed E-state index contributed by atoms with van der Waals surface area (Å²) in [5.41, 5.74) is 1.90. The number of aliphatic hydroxyl groups is 1. The highest BCUT2D eigenvalue weighted by molar-refractivity contribution is 14.1. The number of halogens is 1. The molecule has 1 N–H and O–H groups in total. The van der Waals surface area contributed by atoms with Crippen molar-refractivity contribution in [2.75, 3.05) is 6.61 Å². The first kappa shape index (κ1) is 15.3. The molecule has 0 amide bonds. The van der Waals surface area contributed by atoms with Crippen LogP contribution in [0.3, 0.4) is 0 Å². The number of aliphatic hydroxyl groups excluding tert-OH is 1. The van der Waals surface area contributed by atoms with Gasteiger partial charge in [-0.1, -0.05) is 36.4 Å². The Balaban J connectivity index is 2.07. The Morgan fingerprint density at radius 2 is 1.96 bits per heavy atom. The fraction of sp³-hybridized carbons (Fsp3) is 0.111. The molecule has 0 atom stereocenters. The van der Waals surface area contributed by atoms with Gasteiger partial charge in [-0.15, -0.1) is 0 Å². The summed E-state index contributed by atoms with van der Waals surface area (Å²) < 4.78 is 8.33. The minimum absolute atomic E-state index is 0.00301. The summed E-state index contributed by atoms with van der Waals surface area (Å²) in [7, 11) is 0. The molecule has 24 heavy (non-hydrogen) atoms. The first-order valence-electron chi connectivity index (χ1n) is 7.48. The van der Waals surface area contributed by atoms with Crippen molar-refractivity contribution < 1.29 is 9.52 Å². The number of aromatic nitrogens is 2. The van der Waals surface area contributed by atoms with Crippen molar-refractivity contribution in [2.24, 2.45) is 0 Å². The van der Waals surface area contributed by atoms with E-state index in [0.717, 1.165) is 10.9 Å². The number of rotatable bonds is 3. The molecule has 0 saturated heterocycles. The van der Waals surface area contributed by atoms with Crippen LogP contribution in [0.5, 0.6) is 0 Å². The van der Waals surface area contributed by atoms with Crippen molar-refractivity contribution in [2.45, 2.75) is 6.54 Å². The van der Waals surface area contributed by atoms with E-state index in [0.29, 0.717) is 32.4 Å². The van der Waals surface area contributed by atoms with Gasteiger partial charge in [-0.05, 0) is 28.7 Å². The van der Waals surface area contributed by atoms with Crippen LogP contribution in [0.4, 0.5) is 0 Å². The van der Waals surface area contributed by atoms with E-state index >= 15 is 0 Å². The van der Waals surface area contributed by atoms with Gasteiger partial charge in [0.2, 0.25) is 5.43 Å². The maximum atomic E-state index is 12.8. The summed E-state index contributed by atoms with van der Waals surface area (Å²) in [6, 6.07) is 13.2. The van der Waals surface area contributed by atoms with Crippen molar-refractivity contribution in [3.63, 3.8) is 0 Å². The second-order valence-corrected chi connectivity index (χ2v) is 6.51. The fourth-order valence-corrected chi connectivity index (χ4v) is 3.47. The number of fused-ring (bicyclic) bond motifs is 3. The highest BCUT2D eigenvalue weighted by Crippen LogP contribution is 2.30. The fourth-order valence-electron chi connectivity index (χ4n) is 2.75. The normalized spacial score (nSPS) is 11.4. The van der Waals surface area contributed by atoms with Crippen molar-refractivity contribution in [1.82, 2.24) is 9.78 Å². The Morgan fingerprint density at radius 1 is 1.17 bits per heavy atom. The minimum atomic E-state index is -0.0608. The zero-order valence-electron chi connectivity index (χ0n) is 12.6. The van der Waals surface area contributed by atoms with Crippen LogP contribution in [0, 0.1) is 3.57 Å². The highest BCUT2D eigenvalue weighted by Gasteiger charge is 2.17. The van der Waals surface area contributed by atoms with Crippen LogP contribution in [-0.2, 0) is 6.54 Å². The average Bonchev–Trinajstić information content (AvgIpc) is 3.02. The van der Waals surface area contributed by atoms with Gasteiger partial charge in [0.1, 0.15) is 9.09 Å². The number of hydrogen-bond donors (Lipinski definition) is 1. The van der Waals surface area contributed by atoms with E-state index in [-0.39, 0.29) is 12.0 Å². The van der Waals surface area contributed by atoms with Gasteiger partial charge in [0, 0.05) is 17.1 Å². The quantitative estimate of drug-likeness (QED) is 0.504. The van der Waals surface area contributed by atoms with Gasteiger partial charge in [-0.2, -0.15) is 5.10 Å². The van der Waals surface area contributed by atoms with Crippen LogP contribution in [0.1, 0.15) is 0 Å². The smallest absolute Gasteiger partial charge is 0.206 e. The van der Waals surface area contributed by atoms with Crippen LogP contribution < -0.4 is 5.43 Å². The molecule has 5 nitrogen and oxygen atoms in total. The number of hydrogen-bond acceptors (Lipinski definition) is 4. The van der Waals surface area contributed by atoms with Crippen molar-refractivity contribution in [1.29, 1.82) is 0 Å². The van der Waals surface area contributed by atoms with Gasteiger partial charge >= 0.3 is 0 Å². The van der Waals surface area contributed by atoms with Crippen LogP contribution in [0.25, 0.3) is 33.2 Å². The summed E-state index contributed by atoms with van der Waals surface area (Å²) in [5.74, 6) is 0.554. The summed E-state index contributed by atoms with van der Waals surface area (Å²) in [6.45, 7) is 0.402. The average molecular weight is 432 g/mol. The summed E-state index contributed by atoms with van der Waals surface area (Å²) in [6.07, 6.45) is 1.84. The SMILES string of the molecule is O=c1c(I)c(-c2ccccc2)oc2c1ccc1cn(CCO)nc12. The molecule has 0 spiro atoms. The molecule has 2 aromatic heterocycles. The summed E-state index contributed by atoms with van der Waals surface area (Å²) >= 11 is 2.03. The van der Waals surface area contributed by atoms with Crippen molar-refractivity contribution in [3.8, 4) is 11.3 Å². The Morgan fingerprint density at radius 3 is 2.71 bits per heavy atom. The molecule has 6 heteroatoms. The largest absolute Gasteiger partial charge is 0.452 e. The van der Waals surface area contributed by atoms with Gasteiger partial charge < -0.3 is 9.52 Å². The highest BCUT2D eigenvalue weighted by atomic mass is 127. The van der Waals surface area contributed by atoms with E-state index in [1.54, 1.807) is 10.7 Å². The standard InChI is InChI=1S/C18H13IN2O3/c19-14-16(23)13-7-6-12-10-21(8-9-22)20-15(12)18(13)24-17(14)11-4-2-1-3-5-11/h1-7,10,22H,8-9H2. The van der Waals surface area contributed by atoms with Crippen LogP contribution >= 0.6 is 22.6 Å². The van der Waals surface area contributed by atoms with Crippen LogP contribution in [0.2, 0.25) is 0 Å². The molecule has 4 rings (SSSR count). The second-order valence-electron chi connectivity index (χ2n) is 5.44. The molecule has 0 bridgehead atoms. The molecule has 0 radical (unpaired) electrons. The molecule has 2 aromatic carbocycles. The molecule has 4 aromatic rings. The monoisotopic (exact) mass is 432 g/mol. The van der Waals surface area contributed by atoms with Crippen LogP contribution in [0.15, 0.2) is 57.9 Å². The van der Waals surface area contributed by atoms with Gasteiger partial charge in [0.15, 0.2) is 11.3 Å². The molecule has 0 aliphatic carbocycles. The van der Waals surface area contributed by atoms with Crippen molar-refractivity contribution in [3.05, 3.63) is 62.5 Å². The maximum absolute atomic E-state index is 12.8. The lowest BCUT2D eigenvalue weighted by Crippen LogP contribution is -2.07. The van der Waals surface area contributed by atoms with E-state index < -0.39 is 0 Å².